The van der Waals surface area contributed by atoms with Crippen LogP contribution in [-0.2, 0) is 5.41 Å². The van der Waals surface area contributed by atoms with Crippen molar-refractivity contribution in [3.8, 4) is 11.5 Å². The van der Waals surface area contributed by atoms with Gasteiger partial charge in [0.05, 0.1) is 0 Å². The Morgan fingerprint density at radius 2 is 0.913 bits per heavy atom. The van der Waals surface area contributed by atoms with E-state index in [0.29, 0.717) is 0 Å². The third-order valence-electron chi connectivity index (χ3n) is 4.31. The van der Waals surface area contributed by atoms with Crippen molar-refractivity contribution in [1.29, 1.82) is 0 Å². The molecular formula is C20H17BrO2. The summed E-state index contributed by atoms with van der Waals surface area (Å²) in [4.78, 5) is 0. The standard InChI is InChI=1S/C20H17BrO2/c1-20(14-2-8-17(21)9-3-14,15-4-10-18(22)11-5-15)16-6-12-19(23)13-7-16/h2-13,22-23H,1H3. The van der Waals surface area contributed by atoms with Gasteiger partial charge in [-0.15, -0.1) is 0 Å². The summed E-state index contributed by atoms with van der Waals surface area (Å²) in [6.45, 7) is 2.15. The predicted octanol–water partition coefficient (Wildman–Crippen LogP) is 5.21. The van der Waals surface area contributed by atoms with Gasteiger partial charge in [0.25, 0.3) is 0 Å². The number of phenolic OH excluding ortho intramolecular Hbond substituents is 2. The molecule has 3 rings (SSSR count). The van der Waals surface area contributed by atoms with Crippen molar-refractivity contribution in [2.45, 2.75) is 12.3 Å². The van der Waals surface area contributed by atoms with Gasteiger partial charge in [-0.25, -0.2) is 0 Å². The van der Waals surface area contributed by atoms with E-state index in [1.165, 1.54) is 0 Å². The first-order valence-electron chi connectivity index (χ1n) is 7.35. The second-order valence-corrected chi connectivity index (χ2v) is 6.64. The molecule has 0 atom stereocenters. The van der Waals surface area contributed by atoms with E-state index in [0.717, 1.165) is 21.2 Å². The van der Waals surface area contributed by atoms with Gasteiger partial charge in [-0.3, -0.25) is 0 Å². The quantitative estimate of drug-likeness (QED) is 0.622. The summed E-state index contributed by atoms with van der Waals surface area (Å²) in [6.07, 6.45) is 0. The molecule has 3 heteroatoms. The van der Waals surface area contributed by atoms with E-state index in [9.17, 15) is 10.2 Å². The highest BCUT2D eigenvalue weighted by Gasteiger charge is 2.31. The van der Waals surface area contributed by atoms with E-state index >= 15 is 0 Å². The van der Waals surface area contributed by atoms with Crippen LogP contribution in [0, 0.1) is 0 Å². The molecule has 0 aliphatic rings. The summed E-state index contributed by atoms with van der Waals surface area (Å²) >= 11 is 3.48. The van der Waals surface area contributed by atoms with Gasteiger partial charge in [0, 0.05) is 9.89 Å². The molecule has 116 valence electrons. The highest BCUT2D eigenvalue weighted by atomic mass is 79.9. The van der Waals surface area contributed by atoms with E-state index in [4.69, 9.17) is 0 Å². The minimum Gasteiger partial charge on any atom is -0.508 e. The third-order valence-corrected chi connectivity index (χ3v) is 4.84. The molecule has 0 aromatic heterocycles. The summed E-state index contributed by atoms with van der Waals surface area (Å²) in [5, 5.41) is 19.2. The van der Waals surface area contributed by atoms with Crippen LogP contribution >= 0.6 is 15.9 Å². The highest BCUT2D eigenvalue weighted by molar-refractivity contribution is 9.10. The lowest BCUT2D eigenvalue weighted by Crippen LogP contribution is -2.25. The first-order chi connectivity index (χ1) is 11.0. The number of aromatic hydroxyl groups is 2. The Bertz CT molecular complexity index is 680. The molecule has 0 saturated heterocycles. The van der Waals surface area contributed by atoms with Gasteiger partial charge >= 0.3 is 0 Å². The van der Waals surface area contributed by atoms with Crippen molar-refractivity contribution in [2.24, 2.45) is 0 Å². The minimum atomic E-state index is -0.387. The zero-order chi connectivity index (χ0) is 16.4. The number of halogens is 1. The van der Waals surface area contributed by atoms with Crippen LogP contribution in [0.25, 0.3) is 0 Å². The largest absolute Gasteiger partial charge is 0.508 e. The SMILES string of the molecule is CC(c1ccc(O)cc1)(c1ccc(O)cc1)c1ccc(Br)cc1. The van der Waals surface area contributed by atoms with Crippen LogP contribution in [0.1, 0.15) is 23.6 Å². The predicted molar refractivity (Wildman–Crippen MR) is 95.9 cm³/mol. The molecule has 2 nitrogen and oxygen atoms in total. The van der Waals surface area contributed by atoms with Crippen LogP contribution < -0.4 is 0 Å². The molecule has 3 aromatic carbocycles. The lowest BCUT2D eigenvalue weighted by atomic mass is 9.71. The number of benzene rings is 3. The van der Waals surface area contributed by atoms with Gasteiger partial charge in [-0.2, -0.15) is 0 Å². The van der Waals surface area contributed by atoms with Gasteiger partial charge in [-0.05, 0) is 60.0 Å². The molecule has 3 aromatic rings. The Hall–Kier alpha value is -2.26. The van der Waals surface area contributed by atoms with Gasteiger partial charge in [0.1, 0.15) is 11.5 Å². The van der Waals surface area contributed by atoms with Gasteiger partial charge in [0.2, 0.25) is 0 Å². The number of hydrogen-bond acceptors (Lipinski definition) is 2. The summed E-state index contributed by atoms with van der Waals surface area (Å²) < 4.78 is 1.03. The number of rotatable bonds is 3. The van der Waals surface area contributed by atoms with Crippen LogP contribution in [0.4, 0.5) is 0 Å². The van der Waals surface area contributed by atoms with Crippen LogP contribution in [0.15, 0.2) is 77.3 Å². The molecule has 0 saturated carbocycles. The molecule has 0 fully saturated rings. The fraction of sp³-hybridized carbons (Fsp3) is 0.100. The van der Waals surface area contributed by atoms with E-state index in [1.807, 2.05) is 36.4 Å². The molecule has 0 radical (unpaired) electrons. The first-order valence-corrected chi connectivity index (χ1v) is 8.14. The maximum atomic E-state index is 9.60. The molecule has 23 heavy (non-hydrogen) atoms. The van der Waals surface area contributed by atoms with E-state index in [-0.39, 0.29) is 16.9 Å². The zero-order valence-corrected chi connectivity index (χ0v) is 14.3. The average Bonchev–Trinajstić information content (AvgIpc) is 2.56. The van der Waals surface area contributed by atoms with E-state index < -0.39 is 0 Å². The molecule has 0 bridgehead atoms. The van der Waals surface area contributed by atoms with Crippen LogP contribution in [0.5, 0.6) is 11.5 Å². The van der Waals surface area contributed by atoms with Crippen molar-refractivity contribution in [3.05, 3.63) is 94.0 Å². The fourth-order valence-corrected chi connectivity index (χ4v) is 3.14. The van der Waals surface area contributed by atoms with Crippen LogP contribution in [0.2, 0.25) is 0 Å². The molecular weight excluding hydrogens is 352 g/mol. The van der Waals surface area contributed by atoms with Crippen molar-refractivity contribution in [2.75, 3.05) is 0 Å². The minimum absolute atomic E-state index is 0.248. The smallest absolute Gasteiger partial charge is 0.115 e. The Kier molecular flexibility index (Phi) is 4.14. The van der Waals surface area contributed by atoms with Crippen molar-refractivity contribution in [1.82, 2.24) is 0 Å². The lowest BCUT2D eigenvalue weighted by molar-refractivity contribution is 0.474. The normalized spacial score (nSPS) is 11.4. The molecule has 0 aliphatic heterocycles. The molecule has 0 aliphatic carbocycles. The Morgan fingerprint density at radius 1 is 0.609 bits per heavy atom. The van der Waals surface area contributed by atoms with Crippen molar-refractivity contribution in [3.63, 3.8) is 0 Å². The maximum absolute atomic E-state index is 9.60. The summed E-state index contributed by atoms with van der Waals surface area (Å²) in [5.41, 5.74) is 2.89. The maximum Gasteiger partial charge on any atom is 0.115 e. The van der Waals surface area contributed by atoms with E-state index in [1.54, 1.807) is 24.3 Å². The van der Waals surface area contributed by atoms with Crippen molar-refractivity contribution >= 4 is 15.9 Å². The van der Waals surface area contributed by atoms with Gasteiger partial charge in [0.15, 0.2) is 0 Å². The summed E-state index contributed by atoms with van der Waals surface area (Å²) in [7, 11) is 0. The molecule has 0 amide bonds. The Morgan fingerprint density at radius 3 is 1.26 bits per heavy atom. The fourth-order valence-electron chi connectivity index (χ4n) is 2.87. The molecule has 0 unspecified atom stereocenters. The zero-order valence-electron chi connectivity index (χ0n) is 12.7. The lowest BCUT2D eigenvalue weighted by Gasteiger charge is -2.32. The average molecular weight is 369 g/mol. The van der Waals surface area contributed by atoms with Gasteiger partial charge < -0.3 is 10.2 Å². The molecule has 0 spiro atoms. The second kappa shape index (κ2) is 6.09. The van der Waals surface area contributed by atoms with E-state index in [2.05, 4.69) is 35.0 Å². The molecule has 0 heterocycles. The monoisotopic (exact) mass is 368 g/mol. The highest BCUT2D eigenvalue weighted by Crippen LogP contribution is 2.40. The van der Waals surface area contributed by atoms with Crippen LogP contribution in [-0.4, -0.2) is 10.2 Å². The topological polar surface area (TPSA) is 40.5 Å². The summed E-state index contributed by atoms with van der Waals surface area (Å²) in [6, 6.07) is 22.8. The van der Waals surface area contributed by atoms with Crippen LogP contribution in [0.3, 0.4) is 0 Å². The second-order valence-electron chi connectivity index (χ2n) is 5.73. The molecule has 2 N–H and O–H groups in total. The number of phenols is 2. The Balaban J connectivity index is 2.21. The van der Waals surface area contributed by atoms with Crippen molar-refractivity contribution < 1.29 is 10.2 Å². The number of hydrogen-bond donors (Lipinski definition) is 2. The Labute approximate surface area is 144 Å². The first kappa shape index (κ1) is 15.6. The summed E-state index contributed by atoms with van der Waals surface area (Å²) in [5.74, 6) is 0.496. The van der Waals surface area contributed by atoms with Gasteiger partial charge in [-0.1, -0.05) is 52.3 Å². The third kappa shape index (κ3) is 2.97.